The number of methoxy groups -OCH3 is 1. The van der Waals surface area contributed by atoms with Crippen LogP contribution >= 0.6 is 11.6 Å². The molecule has 1 saturated carbocycles. The predicted octanol–water partition coefficient (Wildman–Crippen LogP) is 3.64. The maximum absolute atomic E-state index is 6.21. The van der Waals surface area contributed by atoms with Crippen molar-refractivity contribution in [2.45, 2.75) is 39.0 Å². The minimum Gasteiger partial charge on any atom is -0.385 e. The third-order valence-electron chi connectivity index (χ3n) is 4.81. The van der Waals surface area contributed by atoms with E-state index in [1.807, 2.05) is 18.2 Å². The van der Waals surface area contributed by atoms with Crippen LogP contribution in [-0.2, 0) is 11.2 Å². The Morgan fingerprint density at radius 3 is 2.71 bits per heavy atom. The Bertz CT molecular complexity index is 529. The molecule has 0 heterocycles. The Labute approximate surface area is 151 Å². The lowest BCUT2D eigenvalue weighted by Gasteiger charge is -2.40. The number of hydrogen-bond acceptors (Lipinski definition) is 2. The van der Waals surface area contributed by atoms with Gasteiger partial charge in [-0.05, 0) is 49.7 Å². The molecule has 1 aliphatic rings. The van der Waals surface area contributed by atoms with Crippen LogP contribution in [0.3, 0.4) is 0 Å². The Hall–Kier alpha value is -1.26. The number of guanidine groups is 1. The molecule has 1 aliphatic carbocycles. The molecule has 0 amide bonds. The number of hydrogen-bond donors (Lipinski definition) is 2. The monoisotopic (exact) mass is 351 g/mol. The standard InChI is InChI=1S/C19H30ClN3O/c1-3-21-18(22-13-9-16-7-4-5-8-17(16)20)23-15-19(10-6-11-19)12-14-24-2/h4-5,7-8H,3,6,9-15H2,1-2H3,(H2,21,22,23). The highest BCUT2D eigenvalue weighted by Crippen LogP contribution is 2.44. The van der Waals surface area contributed by atoms with Crippen LogP contribution in [0.1, 0.15) is 38.2 Å². The molecule has 0 bridgehead atoms. The fourth-order valence-corrected chi connectivity index (χ4v) is 3.32. The van der Waals surface area contributed by atoms with Crippen LogP contribution in [-0.4, -0.2) is 39.3 Å². The van der Waals surface area contributed by atoms with Crippen LogP contribution in [0.5, 0.6) is 0 Å². The summed E-state index contributed by atoms with van der Waals surface area (Å²) in [6.07, 6.45) is 5.83. The summed E-state index contributed by atoms with van der Waals surface area (Å²) in [5.41, 5.74) is 1.51. The molecule has 0 aromatic heterocycles. The van der Waals surface area contributed by atoms with E-state index in [4.69, 9.17) is 21.3 Å². The molecular weight excluding hydrogens is 322 g/mol. The summed E-state index contributed by atoms with van der Waals surface area (Å²) >= 11 is 6.21. The van der Waals surface area contributed by atoms with Crippen LogP contribution in [0, 0.1) is 5.41 Å². The fraction of sp³-hybridized carbons (Fsp3) is 0.632. The fourth-order valence-electron chi connectivity index (χ4n) is 3.09. The van der Waals surface area contributed by atoms with Gasteiger partial charge < -0.3 is 15.4 Å². The summed E-state index contributed by atoms with van der Waals surface area (Å²) in [5, 5.41) is 7.59. The molecule has 24 heavy (non-hydrogen) atoms. The molecule has 4 nitrogen and oxygen atoms in total. The molecule has 5 heteroatoms. The van der Waals surface area contributed by atoms with E-state index >= 15 is 0 Å². The third-order valence-corrected chi connectivity index (χ3v) is 5.18. The van der Waals surface area contributed by atoms with Gasteiger partial charge in [-0.2, -0.15) is 0 Å². The van der Waals surface area contributed by atoms with Gasteiger partial charge in [0.2, 0.25) is 0 Å². The second-order valence-corrected chi connectivity index (χ2v) is 6.97. The zero-order valence-corrected chi connectivity index (χ0v) is 15.7. The molecule has 1 aromatic rings. The van der Waals surface area contributed by atoms with Gasteiger partial charge in [-0.1, -0.05) is 36.2 Å². The number of aliphatic imine (C=N–C) groups is 1. The molecule has 1 fully saturated rings. The van der Waals surface area contributed by atoms with E-state index < -0.39 is 0 Å². The van der Waals surface area contributed by atoms with E-state index in [-0.39, 0.29) is 0 Å². The van der Waals surface area contributed by atoms with Crippen LogP contribution in [0.2, 0.25) is 5.02 Å². The van der Waals surface area contributed by atoms with E-state index in [9.17, 15) is 0 Å². The smallest absolute Gasteiger partial charge is 0.191 e. The normalized spacial score (nSPS) is 16.5. The molecule has 2 N–H and O–H groups in total. The molecule has 1 aromatic carbocycles. The van der Waals surface area contributed by atoms with Crippen molar-refractivity contribution in [1.82, 2.24) is 10.6 Å². The van der Waals surface area contributed by atoms with Gasteiger partial charge in [-0.3, -0.25) is 4.99 Å². The van der Waals surface area contributed by atoms with Gasteiger partial charge >= 0.3 is 0 Å². The van der Waals surface area contributed by atoms with Crippen molar-refractivity contribution < 1.29 is 4.74 Å². The second-order valence-electron chi connectivity index (χ2n) is 6.56. The first kappa shape index (κ1) is 19.1. The molecule has 0 aliphatic heterocycles. The molecule has 134 valence electrons. The molecule has 0 atom stereocenters. The van der Waals surface area contributed by atoms with Crippen molar-refractivity contribution in [3.05, 3.63) is 34.9 Å². The molecule has 0 unspecified atom stereocenters. The van der Waals surface area contributed by atoms with Crippen molar-refractivity contribution in [2.24, 2.45) is 10.4 Å². The van der Waals surface area contributed by atoms with Crippen molar-refractivity contribution >= 4 is 17.6 Å². The van der Waals surface area contributed by atoms with Gasteiger partial charge in [0, 0.05) is 38.4 Å². The highest BCUT2D eigenvalue weighted by atomic mass is 35.5. The number of nitrogens with zero attached hydrogens (tertiary/aromatic N) is 1. The number of halogens is 1. The van der Waals surface area contributed by atoms with Gasteiger partial charge in [-0.15, -0.1) is 0 Å². The largest absolute Gasteiger partial charge is 0.385 e. The van der Waals surface area contributed by atoms with Crippen LogP contribution in [0.4, 0.5) is 0 Å². The van der Waals surface area contributed by atoms with Crippen LogP contribution < -0.4 is 10.6 Å². The van der Waals surface area contributed by atoms with Gasteiger partial charge in [0.1, 0.15) is 0 Å². The van der Waals surface area contributed by atoms with Gasteiger partial charge in [0.25, 0.3) is 0 Å². The first-order valence-electron chi connectivity index (χ1n) is 8.94. The highest BCUT2D eigenvalue weighted by molar-refractivity contribution is 6.31. The maximum Gasteiger partial charge on any atom is 0.191 e. The first-order chi connectivity index (χ1) is 11.7. The third kappa shape index (κ3) is 5.67. The lowest BCUT2D eigenvalue weighted by Crippen LogP contribution is -2.41. The van der Waals surface area contributed by atoms with E-state index in [2.05, 4.69) is 23.6 Å². The average Bonchev–Trinajstić information content (AvgIpc) is 2.55. The zero-order chi connectivity index (χ0) is 17.3. The van der Waals surface area contributed by atoms with Crippen LogP contribution in [0.25, 0.3) is 0 Å². The van der Waals surface area contributed by atoms with Crippen molar-refractivity contribution in [1.29, 1.82) is 0 Å². The maximum atomic E-state index is 6.21. The van der Waals surface area contributed by atoms with Crippen LogP contribution in [0.15, 0.2) is 29.3 Å². The number of nitrogens with one attached hydrogen (secondary N) is 2. The zero-order valence-electron chi connectivity index (χ0n) is 14.9. The van der Waals surface area contributed by atoms with E-state index in [1.165, 1.54) is 19.3 Å². The van der Waals surface area contributed by atoms with Gasteiger partial charge in [-0.25, -0.2) is 0 Å². The lowest BCUT2D eigenvalue weighted by molar-refractivity contribution is 0.0778. The number of ether oxygens (including phenoxy) is 1. The second kappa shape index (κ2) is 9.90. The Morgan fingerprint density at radius 2 is 2.08 bits per heavy atom. The summed E-state index contributed by atoms with van der Waals surface area (Å²) in [7, 11) is 1.77. The molecule has 0 saturated heterocycles. The summed E-state index contributed by atoms with van der Waals surface area (Å²) in [6.45, 7) is 5.47. The molecular formula is C19H30ClN3O. The summed E-state index contributed by atoms with van der Waals surface area (Å²) in [4.78, 5) is 4.82. The number of benzene rings is 1. The van der Waals surface area contributed by atoms with E-state index in [1.54, 1.807) is 7.11 Å². The highest BCUT2D eigenvalue weighted by Gasteiger charge is 2.36. The molecule has 2 rings (SSSR count). The number of rotatable bonds is 9. The van der Waals surface area contributed by atoms with Gasteiger partial charge in [0.05, 0.1) is 0 Å². The summed E-state index contributed by atoms with van der Waals surface area (Å²) in [5.74, 6) is 0.897. The van der Waals surface area contributed by atoms with E-state index in [0.29, 0.717) is 5.41 Å². The molecule has 0 radical (unpaired) electrons. The minimum absolute atomic E-state index is 0.348. The quantitative estimate of drug-likeness (QED) is 0.527. The predicted molar refractivity (Wildman–Crippen MR) is 102 cm³/mol. The average molecular weight is 352 g/mol. The molecule has 0 spiro atoms. The topological polar surface area (TPSA) is 45.7 Å². The summed E-state index contributed by atoms with van der Waals surface area (Å²) in [6, 6.07) is 7.99. The minimum atomic E-state index is 0.348. The van der Waals surface area contributed by atoms with Gasteiger partial charge in [0.15, 0.2) is 5.96 Å². The summed E-state index contributed by atoms with van der Waals surface area (Å²) < 4.78 is 5.26. The Balaban J connectivity index is 1.85. The van der Waals surface area contributed by atoms with E-state index in [0.717, 1.165) is 55.6 Å². The van der Waals surface area contributed by atoms with Crippen molar-refractivity contribution in [3.63, 3.8) is 0 Å². The Morgan fingerprint density at radius 1 is 1.29 bits per heavy atom. The lowest BCUT2D eigenvalue weighted by atomic mass is 9.67. The SMILES string of the molecule is CCNC(=NCC1(CCOC)CCC1)NCCc1ccccc1Cl. The first-order valence-corrected chi connectivity index (χ1v) is 9.31. The van der Waals surface area contributed by atoms with Crippen molar-refractivity contribution in [2.75, 3.05) is 33.4 Å². The Kier molecular flexibility index (Phi) is 7.86. The van der Waals surface area contributed by atoms with Crippen molar-refractivity contribution in [3.8, 4) is 0 Å².